The number of hydrogen-bond donors (Lipinski definition) is 1. The second-order valence-electron chi connectivity index (χ2n) is 4.57. The van der Waals surface area contributed by atoms with Crippen molar-refractivity contribution in [1.82, 2.24) is 0 Å². The molecule has 0 atom stereocenters. The number of carbonyl (C=O) groups excluding carboxylic acids is 3. The number of furan rings is 2. The summed E-state index contributed by atoms with van der Waals surface area (Å²) >= 11 is 0. The molecule has 2 aromatic rings. The lowest BCUT2D eigenvalue weighted by Crippen LogP contribution is -1.96. The molecule has 2 heterocycles. The maximum absolute atomic E-state index is 12.1. The Morgan fingerprint density at radius 3 is 2.22 bits per heavy atom. The predicted molar refractivity (Wildman–Crippen MR) is 72.5 cm³/mol. The molecule has 1 aliphatic carbocycles. The number of Topliss-reactive ketones (excluding diaryl/α,β-unsaturated/α-hetero) is 2. The van der Waals surface area contributed by atoms with Gasteiger partial charge in [0, 0.05) is 6.07 Å². The lowest BCUT2D eigenvalue weighted by atomic mass is 10.1. The van der Waals surface area contributed by atoms with E-state index in [1.807, 2.05) is 0 Å². The summed E-state index contributed by atoms with van der Waals surface area (Å²) in [4.78, 5) is 45.3. The molecule has 8 nitrogen and oxygen atoms in total. The highest BCUT2D eigenvalue weighted by molar-refractivity contribution is 6.50. The van der Waals surface area contributed by atoms with Crippen molar-refractivity contribution in [2.24, 2.45) is 0 Å². The summed E-state index contributed by atoms with van der Waals surface area (Å²) in [5.74, 6) is -2.81. The van der Waals surface area contributed by atoms with Crippen LogP contribution >= 0.6 is 0 Å². The fourth-order valence-corrected chi connectivity index (χ4v) is 2.28. The molecule has 8 heteroatoms. The van der Waals surface area contributed by atoms with Crippen LogP contribution in [0.15, 0.2) is 33.1 Å². The SMILES string of the molecule is O=COc1ccc(C2=C(c3ccc(C(=O)O)o3)C(=O)CC2=O)o1. The van der Waals surface area contributed by atoms with Crippen LogP contribution in [0.3, 0.4) is 0 Å². The van der Waals surface area contributed by atoms with Crippen LogP contribution in [0.25, 0.3) is 11.1 Å². The molecule has 0 aliphatic heterocycles. The molecule has 0 unspecified atom stereocenters. The number of carboxylic acid groups (broad SMARTS) is 1. The summed E-state index contributed by atoms with van der Waals surface area (Å²) in [5, 5.41) is 8.87. The van der Waals surface area contributed by atoms with Crippen LogP contribution in [0, 0.1) is 0 Å². The van der Waals surface area contributed by atoms with Gasteiger partial charge in [-0.3, -0.25) is 14.4 Å². The third-order valence-corrected chi connectivity index (χ3v) is 3.18. The van der Waals surface area contributed by atoms with E-state index in [-0.39, 0.29) is 47.3 Å². The van der Waals surface area contributed by atoms with Crippen LogP contribution in [-0.4, -0.2) is 29.1 Å². The number of carbonyl (C=O) groups is 4. The van der Waals surface area contributed by atoms with E-state index in [1.165, 1.54) is 24.3 Å². The van der Waals surface area contributed by atoms with E-state index in [0.717, 1.165) is 0 Å². The summed E-state index contributed by atoms with van der Waals surface area (Å²) < 4.78 is 14.8. The van der Waals surface area contributed by atoms with Crippen molar-refractivity contribution >= 4 is 35.2 Å². The minimum absolute atomic E-state index is 0.0287. The fraction of sp³-hybridized carbons (Fsp3) is 0.0667. The van der Waals surface area contributed by atoms with Gasteiger partial charge in [0.2, 0.25) is 5.76 Å². The Kier molecular flexibility index (Phi) is 3.41. The molecule has 116 valence electrons. The first-order valence-electron chi connectivity index (χ1n) is 6.36. The first-order valence-corrected chi connectivity index (χ1v) is 6.36. The molecule has 1 aliphatic rings. The summed E-state index contributed by atoms with van der Waals surface area (Å²) in [6.07, 6.45) is -0.377. The molecule has 0 saturated carbocycles. The molecule has 3 rings (SSSR count). The van der Waals surface area contributed by atoms with Gasteiger partial charge in [0.1, 0.15) is 11.5 Å². The molecule has 0 bridgehead atoms. The summed E-state index contributed by atoms with van der Waals surface area (Å²) in [6.45, 7) is 0.158. The van der Waals surface area contributed by atoms with E-state index in [4.69, 9.17) is 13.9 Å². The summed E-state index contributed by atoms with van der Waals surface area (Å²) in [7, 11) is 0. The van der Waals surface area contributed by atoms with Gasteiger partial charge in [0.25, 0.3) is 5.95 Å². The third kappa shape index (κ3) is 2.46. The zero-order valence-electron chi connectivity index (χ0n) is 11.4. The van der Waals surface area contributed by atoms with Crippen molar-refractivity contribution in [3.05, 3.63) is 41.5 Å². The van der Waals surface area contributed by atoms with Crippen LogP contribution in [-0.2, 0) is 14.4 Å². The van der Waals surface area contributed by atoms with Crippen molar-refractivity contribution in [2.75, 3.05) is 0 Å². The van der Waals surface area contributed by atoms with E-state index in [2.05, 4.69) is 4.74 Å². The normalized spacial score (nSPS) is 14.4. The van der Waals surface area contributed by atoms with E-state index in [9.17, 15) is 19.2 Å². The van der Waals surface area contributed by atoms with E-state index < -0.39 is 17.5 Å². The third-order valence-electron chi connectivity index (χ3n) is 3.18. The zero-order valence-corrected chi connectivity index (χ0v) is 11.4. The zero-order chi connectivity index (χ0) is 16.6. The second kappa shape index (κ2) is 5.41. The first-order chi connectivity index (χ1) is 11.0. The Bertz CT molecular complexity index is 864. The van der Waals surface area contributed by atoms with Gasteiger partial charge in [-0.2, -0.15) is 0 Å². The number of rotatable bonds is 5. The predicted octanol–water partition coefficient (Wildman–Crippen LogP) is 1.56. The quantitative estimate of drug-likeness (QED) is 0.651. The van der Waals surface area contributed by atoms with Gasteiger partial charge >= 0.3 is 12.4 Å². The number of ketones is 2. The molecule has 23 heavy (non-hydrogen) atoms. The standard InChI is InChI=1S/C15H8O8/c16-6-21-12-4-3-10(23-12)14-8(18)5-7(17)13(14)9-1-2-11(22-9)15(19)20/h1-4,6H,5H2,(H,19,20). The van der Waals surface area contributed by atoms with Gasteiger partial charge in [-0.1, -0.05) is 0 Å². The van der Waals surface area contributed by atoms with Crippen molar-refractivity contribution in [3.8, 4) is 5.95 Å². The Labute approximate surface area is 127 Å². The molecule has 0 saturated heterocycles. The van der Waals surface area contributed by atoms with Gasteiger partial charge in [-0.15, -0.1) is 0 Å². The van der Waals surface area contributed by atoms with Crippen molar-refractivity contribution in [3.63, 3.8) is 0 Å². The average Bonchev–Trinajstić information content (AvgIpc) is 3.17. The van der Waals surface area contributed by atoms with Gasteiger partial charge in [-0.05, 0) is 18.2 Å². The highest BCUT2D eigenvalue weighted by atomic mass is 16.6. The fourth-order valence-electron chi connectivity index (χ4n) is 2.28. The van der Waals surface area contributed by atoms with Gasteiger partial charge in [-0.25, -0.2) is 4.79 Å². The molecule has 0 fully saturated rings. The largest absolute Gasteiger partial charge is 0.475 e. The maximum Gasteiger partial charge on any atom is 0.371 e. The maximum atomic E-state index is 12.1. The Morgan fingerprint density at radius 1 is 1.04 bits per heavy atom. The van der Waals surface area contributed by atoms with Gasteiger partial charge in [0.15, 0.2) is 11.6 Å². The first kappa shape index (κ1) is 14.5. The smallest absolute Gasteiger partial charge is 0.371 e. The van der Waals surface area contributed by atoms with Crippen LogP contribution in [0.2, 0.25) is 0 Å². The number of ether oxygens (including phenoxy) is 1. The van der Waals surface area contributed by atoms with Crippen molar-refractivity contribution < 1.29 is 37.9 Å². The number of allylic oxidation sites excluding steroid dienone is 2. The van der Waals surface area contributed by atoms with E-state index >= 15 is 0 Å². The number of hydrogen-bond acceptors (Lipinski definition) is 7. The lowest BCUT2D eigenvalue weighted by molar-refractivity contribution is -0.122. The summed E-state index contributed by atoms with van der Waals surface area (Å²) in [6, 6.07) is 5.16. The molecule has 0 spiro atoms. The molecular weight excluding hydrogens is 308 g/mol. The molecule has 0 aromatic carbocycles. The molecule has 0 radical (unpaired) electrons. The lowest BCUT2D eigenvalue weighted by Gasteiger charge is -2.00. The van der Waals surface area contributed by atoms with Crippen LogP contribution in [0.1, 0.15) is 28.5 Å². The average molecular weight is 316 g/mol. The number of aromatic carboxylic acids is 1. The number of carboxylic acids is 1. The van der Waals surface area contributed by atoms with Crippen molar-refractivity contribution in [1.29, 1.82) is 0 Å². The minimum Gasteiger partial charge on any atom is -0.475 e. The monoisotopic (exact) mass is 316 g/mol. The topological polar surface area (TPSA) is 124 Å². The van der Waals surface area contributed by atoms with Crippen LogP contribution < -0.4 is 4.74 Å². The molecule has 2 aromatic heterocycles. The summed E-state index contributed by atoms with van der Waals surface area (Å²) in [5.41, 5.74) is -0.100. The van der Waals surface area contributed by atoms with Crippen LogP contribution in [0.5, 0.6) is 5.95 Å². The Hall–Kier alpha value is -3.42. The van der Waals surface area contributed by atoms with Gasteiger partial charge < -0.3 is 18.7 Å². The highest BCUT2D eigenvalue weighted by Gasteiger charge is 2.36. The van der Waals surface area contributed by atoms with Crippen LogP contribution in [0.4, 0.5) is 0 Å². The van der Waals surface area contributed by atoms with Crippen molar-refractivity contribution in [2.45, 2.75) is 6.42 Å². The molecular formula is C15H8O8. The molecule has 1 N–H and O–H groups in total. The molecule has 0 amide bonds. The highest BCUT2D eigenvalue weighted by Crippen LogP contribution is 2.37. The van der Waals surface area contributed by atoms with E-state index in [0.29, 0.717) is 0 Å². The Balaban J connectivity index is 2.12. The van der Waals surface area contributed by atoms with Gasteiger partial charge in [0.05, 0.1) is 17.6 Å². The second-order valence-corrected chi connectivity index (χ2v) is 4.57. The Morgan fingerprint density at radius 2 is 1.65 bits per heavy atom. The minimum atomic E-state index is -1.30. The van der Waals surface area contributed by atoms with E-state index in [1.54, 1.807) is 0 Å².